The summed E-state index contributed by atoms with van der Waals surface area (Å²) in [6.45, 7) is 6.71. The molecule has 0 amide bonds. The number of carboxylic acid groups (broad SMARTS) is 2. The SMILES string of the molecule is CCOc1ccccc1OCCN1CCC(Cc2ccccc2)CC1.O=C(O)C(=O)O. The van der Waals surface area contributed by atoms with Gasteiger partial charge in [-0.3, -0.25) is 4.90 Å². The van der Waals surface area contributed by atoms with Gasteiger partial charge in [-0.25, -0.2) is 9.59 Å². The fourth-order valence-corrected chi connectivity index (χ4v) is 3.49. The highest BCUT2D eigenvalue weighted by Gasteiger charge is 2.19. The van der Waals surface area contributed by atoms with Gasteiger partial charge in [-0.15, -0.1) is 0 Å². The van der Waals surface area contributed by atoms with Crippen molar-refractivity contribution in [3.8, 4) is 11.5 Å². The normalized spacial score (nSPS) is 14.2. The zero-order valence-electron chi connectivity index (χ0n) is 17.9. The van der Waals surface area contributed by atoms with E-state index in [1.165, 1.54) is 37.9 Å². The Balaban J connectivity index is 0.000000501. The van der Waals surface area contributed by atoms with Gasteiger partial charge in [-0.05, 0) is 62.9 Å². The van der Waals surface area contributed by atoms with Gasteiger partial charge in [0.15, 0.2) is 11.5 Å². The lowest BCUT2D eigenvalue weighted by Crippen LogP contribution is -2.37. The van der Waals surface area contributed by atoms with Crippen molar-refractivity contribution in [1.82, 2.24) is 4.90 Å². The van der Waals surface area contributed by atoms with Crippen molar-refractivity contribution in [2.24, 2.45) is 5.92 Å². The molecule has 1 saturated heterocycles. The van der Waals surface area contributed by atoms with E-state index >= 15 is 0 Å². The summed E-state index contributed by atoms with van der Waals surface area (Å²) >= 11 is 0. The first-order valence-electron chi connectivity index (χ1n) is 10.6. The molecule has 1 fully saturated rings. The van der Waals surface area contributed by atoms with Crippen LogP contribution in [0.25, 0.3) is 0 Å². The molecule has 0 aromatic heterocycles. The molecule has 0 unspecified atom stereocenters. The van der Waals surface area contributed by atoms with E-state index in [4.69, 9.17) is 29.3 Å². The molecule has 1 heterocycles. The van der Waals surface area contributed by atoms with Crippen LogP contribution in [0.3, 0.4) is 0 Å². The summed E-state index contributed by atoms with van der Waals surface area (Å²) < 4.78 is 11.6. The summed E-state index contributed by atoms with van der Waals surface area (Å²) in [7, 11) is 0. The molecule has 7 nitrogen and oxygen atoms in total. The molecule has 2 N–H and O–H groups in total. The van der Waals surface area contributed by atoms with Crippen LogP contribution >= 0.6 is 0 Å². The molecule has 2 aromatic carbocycles. The highest BCUT2D eigenvalue weighted by atomic mass is 16.5. The van der Waals surface area contributed by atoms with Crippen molar-refractivity contribution in [3.63, 3.8) is 0 Å². The smallest absolute Gasteiger partial charge is 0.414 e. The summed E-state index contributed by atoms with van der Waals surface area (Å²) in [6, 6.07) is 18.8. The summed E-state index contributed by atoms with van der Waals surface area (Å²) in [5, 5.41) is 14.8. The molecule has 1 aliphatic heterocycles. The molecule has 0 atom stereocenters. The molecule has 3 rings (SSSR count). The van der Waals surface area contributed by atoms with Gasteiger partial charge in [0, 0.05) is 6.54 Å². The van der Waals surface area contributed by atoms with Crippen molar-refractivity contribution in [2.45, 2.75) is 26.2 Å². The Hall–Kier alpha value is -3.06. The Kier molecular flexibility index (Phi) is 10.4. The first-order valence-corrected chi connectivity index (χ1v) is 10.6. The number of aliphatic carboxylic acids is 2. The number of para-hydroxylation sites is 2. The summed E-state index contributed by atoms with van der Waals surface area (Å²) in [5.74, 6) is -1.14. The van der Waals surface area contributed by atoms with Gasteiger partial charge < -0.3 is 19.7 Å². The van der Waals surface area contributed by atoms with E-state index in [1.54, 1.807) is 0 Å². The standard InChI is InChI=1S/C22H29NO2.C2H2O4/c1-2-24-21-10-6-7-11-22(21)25-17-16-23-14-12-20(13-15-23)18-19-8-4-3-5-9-19;3-1(4)2(5)6/h3-11,20H,2,12-18H2,1H3;(H,3,4)(H,5,6). The van der Waals surface area contributed by atoms with Gasteiger partial charge in [0.05, 0.1) is 6.61 Å². The molecule has 0 aliphatic carbocycles. The van der Waals surface area contributed by atoms with Gasteiger partial charge in [0.2, 0.25) is 0 Å². The largest absolute Gasteiger partial charge is 0.490 e. The van der Waals surface area contributed by atoms with Crippen LogP contribution in [-0.4, -0.2) is 59.9 Å². The summed E-state index contributed by atoms with van der Waals surface area (Å²) in [5.41, 5.74) is 1.47. The summed E-state index contributed by atoms with van der Waals surface area (Å²) in [6.07, 6.45) is 3.78. The number of likely N-dealkylation sites (tertiary alicyclic amines) is 1. The van der Waals surface area contributed by atoms with Gasteiger partial charge >= 0.3 is 11.9 Å². The van der Waals surface area contributed by atoms with E-state index in [-0.39, 0.29) is 0 Å². The molecular formula is C24H31NO6. The van der Waals surface area contributed by atoms with Crippen LogP contribution in [0.2, 0.25) is 0 Å². The molecule has 31 heavy (non-hydrogen) atoms. The predicted octanol–water partition coefficient (Wildman–Crippen LogP) is 3.57. The second kappa shape index (κ2) is 13.3. The molecule has 1 aliphatic rings. The molecule has 2 aromatic rings. The number of piperidine rings is 1. The third kappa shape index (κ3) is 9.09. The maximum Gasteiger partial charge on any atom is 0.414 e. The minimum Gasteiger partial charge on any atom is -0.490 e. The molecule has 0 radical (unpaired) electrons. The van der Waals surface area contributed by atoms with Crippen LogP contribution < -0.4 is 9.47 Å². The minimum atomic E-state index is -1.82. The highest BCUT2D eigenvalue weighted by molar-refractivity contribution is 6.27. The zero-order chi connectivity index (χ0) is 22.5. The number of carbonyl (C=O) groups is 2. The number of rotatable bonds is 8. The number of benzene rings is 2. The number of carboxylic acids is 2. The third-order valence-electron chi connectivity index (χ3n) is 5.07. The van der Waals surface area contributed by atoms with E-state index in [0.29, 0.717) is 13.2 Å². The average Bonchev–Trinajstić information content (AvgIpc) is 2.77. The second-order valence-corrected chi connectivity index (χ2v) is 7.31. The van der Waals surface area contributed by atoms with E-state index in [1.807, 2.05) is 31.2 Å². The fourth-order valence-electron chi connectivity index (χ4n) is 3.49. The van der Waals surface area contributed by atoms with Crippen LogP contribution in [0.15, 0.2) is 54.6 Å². The van der Waals surface area contributed by atoms with Gasteiger partial charge in [0.25, 0.3) is 0 Å². The topological polar surface area (TPSA) is 96.3 Å². The van der Waals surface area contributed by atoms with Crippen molar-refractivity contribution in [1.29, 1.82) is 0 Å². The van der Waals surface area contributed by atoms with Crippen molar-refractivity contribution < 1.29 is 29.3 Å². The minimum absolute atomic E-state index is 0.662. The van der Waals surface area contributed by atoms with Crippen molar-refractivity contribution >= 4 is 11.9 Å². The van der Waals surface area contributed by atoms with Crippen LogP contribution in [0.4, 0.5) is 0 Å². The van der Waals surface area contributed by atoms with E-state index < -0.39 is 11.9 Å². The Morgan fingerprint density at radius 3 is 2.00 bits per heavy atom. The first kappa shape index (κ1) is 24.2. The lowest BCUT2D eigenvalue weighted by Gasteiger charge is -2.32. The Morgan fingerprint density at radius 1 is 0.903 bits per heavy atom. The molecular weight excluding hydrogens is 398 g/mol. The number of nitrogens with zero attached hydrogens (tertiary/aromatic N) is 1. The van der Waals surface area contributed by atoms with Crippen LogP contribution in [-0.2, 0) is 16.0 Å². The van der Waals surface area contributed by atoms with Crippen LogP contribution in [0.1, 0.15) is 25.3 Å². The molecule has 0 spiro atoms. The van der Waals surface area contributed by atoms with E-state index in [0.717, 1.165) is 24.0 Å². The summed E-state index contributed by atoms with van der Waals surface area (Å²) in [4.78, 5) is 20.7. The van der Waals surface area contributed by atoms with E-state index in [9.17, 15) is 0 Å². The molecule has 0 bridgehead atoms. The Labute approximate surface area is 183 Å². The lowest BCUT2D eigenvalue weighted by atomic mass is 9.90. The van der Waals surface area contributed by atoms with Crippen molar-refractivity contribution in [2.75, 3.05) is 32.8 Å². The highest BCUT2D eigenvalue weighted by Crippen LogP contribution is 2.26. The van der Waals surface area contributed by atoms with Crippen molar-refractivity contribution in [3.05, 3.63) is 60.2 Å². The third-order valence-corrected chi connectivity index (χ3v) is 5.07. The quantitative estimate of drug-likeness (QED) is 0.619. The van der Waals surface area contributed by atoms with Crippen LogP contribution in [0, 0.1) is 5.92 Å². The lowest BCUT2D eigenvalue weighted by molar-refractivity contribution is -0.159. The van der Waals surface area contributed by atoms with Gasteiger partial charge in [-0.2, -0.15) is 0 Å². The van der Waals surface area contributed by atoms with Gasteiger partial charge in [-0.1, -0.05) is 42.5 Å². The second-order valence-electron chi connectivity index (χ2n) is 7.31. The Morgan fingerprint density at radius 2 is 1.45 bits per heavy atom. The molecule has 168 valence electrons. The number of hydrogen-bond donors (Lipinski definition) is 2. The van der Waals surface area contributed by atoms with Crippen LogP contribution in [0.5, 0.6) is 11.5 Å². The number of hydrogen-bond acceptors (Lipinski definition) is 5. The maximum absolute atomic E-state index is 9.10. The Bertz CT molecular complexity index is 791. The number of ether oxygens (including phenoxy) is 2. The zero-order valence-corrected chi connectivity index (χ0v) is 17.9. The molecule has 7 heteroatoms. The first-order chi connectivity index (χ1) is 15.0. The monoisotopic (exact) mass is 429 g/mol. The van der Waals surface area contributed by atoms with E-state index in [2.05, 4.69) is 35.2 Å². The fraction of sp³-hybridized carbons (Fsp3) is 0.417. The molecule has 0 saturated carbocycles. The van der Waals surface area contributed by atoms with Gasteiger partial charge in [0.1, 0.15) is 6.61 Å². The predicted molar refractivity (Wildman–Crippen MR) is 118 cm³/mol. The maximum atomic E-state index is 9.10. The average molecular weight is 430 g/mol.